The van der Waals surface area contributed by atoms with E-state index in [4.69, 9.17) is 4.42 Å². The van der Waals surface area contributed by atoms with E-state index in [0.717, 1.165) is 11.8 Å². The number of rotatable bonds is 7. The van der Waals surface area contributed by atoms with E-state index in [0.29, 0.717) is 5.56 Å². The third-order valence-electron chi connectivity index (χ3n) is 3.88. The molecule has 0 unspecified atom stereocenters. The van der Waals surface area contributed by atoms with Crippen LogP contribution in [0.2, 0.25) is 0 Å². The van der Waals surface area contributed by atoms with Crippen LogP contribution in [0.5, 0.6) is 0 Å². The molecule has 1 amide bonds. The molecule has 0 fully saturated rings. The summed E-state index contributed by atoms with van der Waals surface area (Å²) in [4.78, 5) is 36.0. The van der Waals surface area contributed by atoms with Gasteiger partial charge in [0.15, 0.2) is 0 Å². The van der Waals surface area contributed by atoms with Gasteiger partial charge in [-0.1, -0.05) is 11.8 Å². The molecular weight excluding hydrogens is 429 g/mol. The van der Waals surface area contributed by atoms with Gasteiger partial charge in [-0.05, 0) is 42.5 Å². The number of carbonyl (C=O) groups is 3. The first-order valence-corrected chi connectivity index (χ1v) is 9.72. The van der Waals surface area contributed by atoms with Gasteiger partial charge in [0, 0.05) is 11.3 Å². The summed E-state index contributed by atoms with van der Waals surface area (Å²) >= 11 is 0.987. The van der Waals surface area contributed by atoms with Gasteiger partial charge in [-0.15, -0.1) is 10.2 Å². The molecule has 0 saturated carbocycles. The van der Waals surface area contributed by atoms with Gasteiger partial charge in [0.2, 0.25) is 11.8 Å². The van der Waals surface area contributed by atoms with Crippen molar-refractivity contribution in [3.8, 4) is 11.5 Å². The van der Waals surface area contributed by atoms with E-state index < -0.39 is 17.8 Å². The molecule has 2 aromatic carbocycles. The number of hydrogen-bond donors (Lipinski definition) is 1. The van der Waals surface area contributed by atoms with Crippen molar-refractivity contribution in [2.45, 2.75) is 5.22 Å². The second kappa shape index (κ2) is 9.85. The first kappa shape index (κ1) is 22.0. The number of nitrogens with one attached hydrogen (secondary N) is 1. The van der Waals surface area contributed by atoms with Gasteiger partial charge in [0.25, 0.3) is 5.22 Å². The average Bonchev–Trinajstić information content (AvgIpc) is 3.26. The van der Waals surface area contributed by atoms with E-state index in [2.05, 4.69) is 25.0 Å². The van der Waals surface area contributed by atoms with Crippen LogP contribution in [0.1, 0.15) is 20.7 Å². The first-order valence-electron chi connectivity index (χ1n) is 8.73. The zero-order valence-electron chi connectivity index (χ0n) is 16.4. The summed E-state index contributed by atoms with van der Waals surface area (Å²) in [5, 5.41) is 10.4. The highest BCUT2D eigenvalue weighted by atomic mass is 32.2. The van der Waals surface area contributed by atoms with Gasteiger partial charge in [-0.25, -0.2) is 14.0 Å². The molecule has 0 bridgehead atoms. The molecule has 0 aliphatic heterocycles. The van der Waals surface area contributed by atoms with Crippen LogP contribution in [0.3, 0.4) is 0 Å². The largest absolute Gasteiger partial charge is 0.465 e. The lowest BCUT2D eigenvalue weighted by Gasteiger charge is -2.09. The molecule has 160 valence electrons. The average molecular weight is 445 g/mol. The Morgan fingerprint density at radius 1 is 1.00 bits per heavy atom. The molecular formula is C20H16FN3O6S. The number of amides is 1. The van der Waals surface area contributed by atoms with Crippen molar-refractivity contribution >= 4 is 35.3 Å². The van der Waals surface area contributed by atoms with Crippen molar-refractivity contribution in [2.75, 3.05) is 25.3 Å². The monoisotopic (exact) mass is 445 g/mol. The third kappa shape index (κ3) is 5.66. The predicted octanol–water partition coefficient (Wildman–Crippen LogP) is 3.18. The molecule has 11 heteroatoms. The summed E-state index contributed by atoms with van der Waals surface area (Å²) in [5.74, 6) is -2.06. The van der Waals surface area contributed by atoms with Crippen molar-refractivity contribution in [3.05, 3.63) is 59.4 Å². The summed E-state index contributed by atoms with van der Waals surface area (Å²) in [7, 11) is 2.40. The maximum Gasteiger partial charge on any atom is 0.337 e. The Morgan fingerprint density at radius 2 is 1.61 bits per heavy atom. The topological polar surface area (TPSA) is 121 Å². The fourth-order valence-corrected chi connectivity index (χ4v) is 3.04. The number of halogens is 1. The van der Waals surface area contributed by atoms with E-state index in [1.165, 1.54) is 56.7 Å². The Balaban J connectivity index is 1.66. The van der Waals surface area contributed by atoms with Crippen LogP contribution < -0.4 is 5.32 Å². The second-order valence-corrected chi connectivity index (χ2v) is 6.93. The van der Waals surface area contributed by atoms with Gasteiger partial charge < -0.3 is 19.2 Å². The Hall–Kier alpha value is -3.73. The van der Waals surface area contributed by atoms with Crippen molar-refractivity contribution < 1.29 is 32.7 Å². The maximum atomic E-state index is 13.0. The molecule has 0 saturated heterocycles. The van der Waals surface area contributed by atoms with E-state index in [-0.39, 0.29) is 39.5 Å². The number of carbonyl (C=O) groups excluding carboxylic acids is 3. The zero-order valence-corrected chi connectivity index (χ0v) is 17.2. The highest BCUT2D eigenvalue weighted by molar-refractivity contribution is 7.99. The Morgan fingerprint density at radius 3 is 2.19 bits per heavy atom. The number of anilines is 1. The van der Waals surface area contributed by atoms with Crippen LogP contribution in [0.15, 0.2) is 52.1 Å². The van der Waals surface area contributed by atoms with Crippen LogP contribution in [0, 0.1) is 5.82 Å². The molecule has 3 rings (SSSR count). The third-order valence-corrected chi connectivity index (χ3v) is 4.70. The van der Waals surface area contributed by atoms with Crippen LogP contribution >= 0.6 is 11.8 Å². The lowest BCUT2D eigenvalue weighted by molar-refractivity contribution is -0.113. The highest BCUT2D eigenvalue weighted by Gasteiger charge is 2.16. The van der Waals surface area contributed by atoms with Gasteiger partial charge in [0.05, 0.1) is 31.1 Å². The van der Waals surface area contributed by atoms with Crippen LogP contribution in [-0.2, 0) is 14.3 Å². The van der Waals surface area contributed by atoms with Crippen LogP contribution in [-0.4, -0.2) is 48.0 Å². The molecule has 1 heterocycles. The number of nitrogens with zero attached hydrogens (tertiary/aromatic N) is 2. The number of benzene rings is 2. The summed E-state index contributed by atoms with van der Waals surface area (Å²) < 4.78 is 27.8. The summed E-state index contributed by atoms with van der Waals surface area (Å²) in [6.07, 6.45) is 0. The molecule has 0 aliphatic carbocycles. The highest BCUT2D eigenvalue weighted by Crippen LogP contribution is 2.24. The van der Waals surface area contributed by atoms with Gasteiger partial charge >= 0.3 is 11.9 Å². The van der Waals surface area contributed by atoms with E-state index in [9.17, 15) is 18.8 Å². The number of aromatic nitrogens is 2. The molecule has 0 spiro atoms. The van der Waals surface area contributed by atoms with Crippen LogP contribution in [0.4, 0.5) is 10.1 Å². The molecule has 31 heavy (non-hydrogen) atoms. The summed E-state index contributed by atoms with van der Waals surface area (Å²) in [6, 6.07) is 9.59. The maximum absolute atomic E-state index is 13.0. The standard InChI is InChI=1S/C20H16FN3O6S/c1-28-18(26)12-7-13(19(27)29-2)9-15(8-12)22-16(25)10-31-20-24-23-17(30-20)11-3-5-14(21)6-4-11/h3-9H,10H2,1-2H3,(H,22,25). The SMILES string of the molecule is COC(=O)c1cc(NC(=O)CSc2nnc(-c3ccc(F)cc3)o2)cc(C(=O)OC)c1. The Bertz CT molecular complexity index is 1080. The Kier molecular flexibility index (Phi) is 6.98. The zero-order chi connectivity index (χ0) is 22.4. The predicted molar refractivity (Wildman–Crippen MR) is 108 cm³/mol. The van der Waals surface area contributed by atoms with Gasteiger partial charge in [-0.2, -0.15) is 0 Å². The lowest BCUT2D eigenvalue weighted by Crippen LogP contribution is -2.16. The minimum absolute atomic E-state index is 0.0780. The number of methoxy groups -OCH3 is 2. The molecule has 0 atom stereocenters. The molecule has 9 nitrogen and oxygen atoms in total. The Labute approximate surface area is 179 Å². The number of thioether (sulfide) groups is 1. The fourth-order valence-electron chi connectivity index (χ4n) is 2.47. The van der Waals surface area contributed by atoms with Crippen molar-refractivity contribution in [1.82, 2.24) is 10.2 Å². The molecule has 0 radical (unpaired) electrons. The van der Waals surface area contributed by atoms with Crippen molar-refractivity contribution in [3.63, 3.8) is 0 Å². The van der Waals surface area contributed by atoms with E-state index >= 15 is 0 Å². The number of hydrogen-bond acceptors (Lipinski definition) is 9. The summed E-state index contributed by atoms with van der Waals surface area (Å²) in [5.41, 5.74) is 0.912. The van der Waals surface area contributed by atoms with Crippen molar-refractivity contribution in [1.29, 1.82) is 0 Å². The lowest BCUT2D eigenvalue weighted by atomic mass is 10.1. The van der Waals surface area contributed by atoms with Gasteiger partial charge in [-0.3, -0.25) is 4.79 Å². The fraction of sp³-hybridized carbons (Fsp3) is 0.150. The van der Waals surface area contributed by atoms with Crippen LogP contribution in [0.25, 0.3) is 11.5 Å². The minimum Gasteiger partial charge on any atom is -0.465 e. The van der Waals surface area contributed by atoms with E-state index in [1.54, 1.807) is 0 Å². The van der Waals surface area contributed by atoms with E-state index in [1.807, 2.05) is 0 Å². The van der Waals surface area contributed by atoms with Crippen molar-refractivity contribution in [2.24, 2.45) is 0 Å². The smallest absolute Gasteiger partial charge is 0.337 e. The first-order chi connectivity index (χ1) is 14.9. The van der Waals surface area contributed by atoms with Gasteiger partial charge in [0.1, 0.15) is 5.82 Å². The number of ether oxygens (including phenoxy) is 2. The minimum atomic E-state index is -0.671. The second-order valence-electron chi connectivity index (χ2n) is 6.00. The normalized spacial score (nSPS) is 10.4. The molecule has 3 aromatic rings. The molecule has 0 aliphatic rings. The number of esters is 2. The molecule has 1 N–H and O–H groups in total. The quantitative estimate of drug-likeness (QED) is 0.432. The summed E-state index contributed by atoms with van der Waals surface area (Å²) in [6.45, 7) is 0. The molecule has 1 aromatic heterocycles.